The lowest BCUT2D eigenvalue weighted by Crippen LogP contribution is -2.56. The van der Waals surface area contributed by atoms with Crippen molar-refractivity contribution in [3.8, 4) is 23.2 Å². The van der Waals surface area contributed by atoms with Crippen LogP contribution < -0.4 is 20.3 Å². The number of ether oxygens (including phenoxy) is 2. The Kier molecular flexibility index (Phi) is 12.7. The van der Waals surface area contributed by atoms with Crippen molar-refractivity contribution in [2.45, 2.75) is 51.4 Å². The van der Waals surface area contributed by atoms with Gasteiger partial charge in [-0.25, -0.2) is 14.4 Å². The van der Waals surface area contributed by atoms with Gasteiger partial charge in [-0.15, -0.1) is 0 Å². The highest BCUT2D eigenvalue weighted by atomic mass is 19.1. The molecule has 0 aliphatic carbocycles. The molecule has 260 valence electrons. The van der Waals surface area contributed by atoms with Gasteiger partial charge in [0.05, 0.1) is 31.4 Å². The molecule has 0 unspecified atom stereocenters. The molecular formula is C35H44FN9O4. The maximum atomic E-state index is 14.5. The van der Waals surface area contributed by atoms with Gasteiger partial charge in [-0.2, -0.15) is 10.2 Å². The van der Waals surface area contributed by atoms with Crippen LogP contribution in [-0.2, 0) is 14.3 Å². The van der Waals surface area contributed by atoms with Crippen LogP contribution in [0.2, 0.25) is 0 Å². The van der Waals surface area contributed by atoms with E-state index in [-0.39, 0.29) is 23.8 Å². The van der Waals surface area contributed by atoms with Crippen LogP contribution in [0.4, 0.5) is 21.7 Å². The predicted molar refractivity (Wildman–Crippen MR) is 183 cm³/mol. The van der Waals surface area contributed by atoms with Crippen LogP contribution >= 0.6 is 0 Å². The van der Waals surface area contributed by atoms with Crippen molar-refractivity contribution in [2.24, 2.45) is 0 Å². The summed E-state index contributed by atoms with van der Waals surface area (Å²) in [7, 11) is 0. The third-order valence-corrected chi connectivity index (χ3v) is 8.71. The van der Waals surface area contributed by atoms with Crippen LogP contribution in [0.1, 0.15) is 38.7 Å². The highest BCUT2D eigenvalue weighted by Crippen LogP contribution is 2.29. The molecule has 0 bridgehead atoms. The summed E-state index contributed by atoms with van der Waals surface area (Å²) in [6, 6.07) is 15.9. The molecule has 0 radical (unpaired) electrons. The van der Waals surface area contributed by atoms with E-state index in [1.54, 1.807) is 18.2 Å². The molecule has 14 heteroatoms. The van der Waals surface area contributed by atoms with Crippen LogP contribution in [0.15, 0.2) is 48.8 Å². The zero-order valence-corrected chi connectivity index (χ0v) is 28.1. The summed E-state index contributed by atoms with van der Waals surface area (Å²) in [6.07, 6.45) is 2.11. The highest BCUT2D eigenvalue weighted by molar-refractivity contribution is 5.77. The monoisotopic (exact) mass is 673 g/mol. The summed E-state index contributed by atoms with van der Waals surface area (Å²) in [5.41, 5.74) is 2.88. The molecule has 4 fully saturated rings. The third kappa shape index (κ3) is 9.39. The number of nitriles is 1. The second-order valence-electron chi connectivity index (χ2n) is 11.9. The lowest BCUT2D eigenvalue weighted by molar-refractivity contribution is -0.121. The molecule has 4 saturated heterocycles. The van der Waals surface area contributed by atoms with Crippen molar-refractivity contribution in [1.82, 2.24) is 30.1 Å². The third-order valence-electron chi connectivity index (χ3n) is 8.71. The Morgan fingerprint density at radius 1 is 1.08 bits per heavy atom. The Balaban J connectivity index is 0.000000522. The van der Waals surface area contributed by atoms with Gasteiger partial charge in [0.2, 0.25) is 18.3 Å². The fraction of sp³-hybridized carbons (Fsp3) is 0.486. The topological polar surface area (TPSA) is 149 Å². The van der Waals surface area contributed by atoms with Crippen molar-refractivity contribution in [3.05, 3.63) is 54.4 Å². The Morgan fingerprint density at radius 2 is 1.86 bits per heavy atom. The van der Waals surface area contributed by atoms with Crippen LogP contribution in [0, 0.1) is 11.3 Å². The number of likely N-dealkylation sites (tertiary alicyclic amines) is 1. The Hall–Kier alpha value is -4.87. The molecule has 2 aromatic carbocycles. The number of alkyl halides is 1. The van der Waals surface area contributed by atoms with Gasteiger partial charge in [-0.1, -0.05) is 13.8 Å². The fourth-order valence-electron chi connectivity index (χ4n) is 5.88. The molecule has 1 aromatic heterocycles. The Labute approximate surface area is 286 Å². The molecular weight excluding hydrogens is 629 g/mol. The molecule has 2 atom stereocenters. The van der Waals surface area contributed by atoms with Gasteiger partial charge in [0, 0.05) is 69.0 Å². The van der Waals surface area contributed by atoms with E-state index in [1.807, 2.05) is 26.0 Å². The van der Waals surface area contributed by atoms with Crippen molar-refractivity contribution in [3.63, 3.8) is 0 Å². The number of anilines is 3. The van der Waals surface area contributed by atoms with Gasteiger partial charge in [0.1, 0.15) is 24.3 Å². The van der Waals surface area contributed by atoms with E-state index in [0.29, 0.717) is 42.8 Å². The summed E-state index contributed by atoms with van der Waals surface area (Å²) in [6.45, 7) is 11.0. The smallest absolute Gasteiger partial charge is 0.230 e. The van der Waals surface area contributed by atoms with Gasteiger partial charge >= 0.3 is 0 Å². The maximum absolute atomic E-state index is 14.5. The van der Waals surface area contributed by atoms with Gasteiger partial charge in [-0.3, -0.25) is 14.5 Å². The summed E-state index contributed by atoms with van der Waals surface area (Å²) in [5, 5.41) is 15.6. The molecule has 3 aromatic rings. The van der Waals surface area contributed by atoms with E-state index in [0.717, 1.165) is 64.5 Å². The molecule has 49 heavy (non-hydrogen) atoms. The normalized spacial score (nSPS) is 20.7. The number of piperidine rings is 1. The zero-order chi connectivity index (χ0) is 34.6. The number of halogens is 1. The number of piperazine rings is 1. The van der Waals surface area contributed by atoms with E-state index < -0.39 is 12.3 Å². The first-order chi connectivity index (χ1) is 24.0. The number of nitrogens with one attached hydrogen (secondary N) is 2. The van der Waals surface area contributed by atoms with E-state index in [1.165, 1.54) is 16.9 Å². The molecule has 4 aliphatic heterocycles. The molecule has 0 spiro atoms. The second-order valence-corrected chi connectivity index (χ2v) is 11.9. The van der Waals surface area contributed by atoms with Crippen LogP contribution in [0.5, 0.6) is 5.75 Å². The number of hydrogen-bond acceptors (Lipinski definition) is 11. The lowest BCUT2D eigenvalue weighted by atomic mass is 10.1. The SMILES string of the molecule is CC.N#Cc1cc(-c2ncnc(Nc3ccc(N4CCN(C5COC5)CC4)cc3)n2)ccc1O[C@H]1CCN(C=O)C[C@H]1F.O=C1CCCN1. The van der Waals surface area contributed by atoms with Gasteiger partial charge < -0.3 is 29.9 Å². The molecule has 2 N–H and O–H groups in total. The fourth-order valence-corrected chi connectivity index (χ4v) is 5.88. The summed E-state index contributed by atoms with van der Waals surface area (Å²) >= 11 is 0. The minimum Gasteiger partial charge on any atom is -0.486 e. The number of carbonyl (C=O) groups is 2. The van der Waals surface area contributed by atoms with Gasteiger partial charge in [0.15, 0.2) is 12.0 Å². The summed E-state index contributed by atoms with van der Waals surface area (Å²) in [4.78, 5) is 40.4. The predicted octanol–water partition coefficient (Wildman–Crippen LogP) is 3.54. The molecule has 0 saturated carbocycles. The van der Waals surface area contributed by atoms with E-state index >= 15 is 0 Å². The van der Waals surface area contributed by atoms with Crippen molar-refractivity contribution in [1.29, 1.82) is 5.26 Å². The quantitative estimate of drug-likeness (QED) is 0.338. The molecule has 2 amide bonds. The second kappa shape index (κ2) is 17.5. The number of carbonyl (C=O) groups excluding carboxylic acids is 2. The first kappa shape index (κ1) is 35.4. The standard InChI is InChI=1S/C29H31FN8O3.C4H7NO.C2H6/c30-25-15-36(19-39)8-7-27(25)41-26-6-1-20(13-21(26)14-31)28-32-18-33-29(35-28)34-22-2-4-23(5-3-22)37-9-11-38(12-10-37)24-16-40-17-24;6-4-2-1-3-5-4;1-2/h1-6,13,18-19,24-25,27H,7-12,15-17H2,(H,32,33,34,35);1-3H2,(H,5,6);1-2H3/t25-,27+;;/m1../s1. The number of amides is 2. The molecule has 13 nitrogen and oxygen atoms in total. The van der Waals surface area contributed by atoms with Crippen LogP contribution in [0.3, 0.4) is 0 Å². The minimum atomic E-state index is -1.33. The first-order valence-electron chi connectivity index (χ1n) is 16.9. The van der Waals surface area contributed by atoms with Crippen LogP contribution in [-0.4, -0.2) is 114 Å². The Morgan fingerprint density at radius 3 is 2.45 bits per heavy atom. The number of rotatable bonds is 8. The van der Waals surface area contributed by atoms with Crippen LogP contribution in [0.25, 0.3) is 11.4 Å². The summed E-state index contributed by atoms with van der Waals surface area (Å²) < 4.78 is 25.7. The van der Waals surface area contributed by atoms with Gasteiger partial charge in [0.25, 0.3) is 0 Å². The molecule has 7 rings (SSSR count). The number of hydrogen-bond donors (Lipinski definition) is 2. The lowest BCUT2D eigenvalue weighted by Gasteiger charge is -2.43. The van der Waals surface area contributed by atoms with E-state index in [4.69, 9.17) is 9.47 Å². The zero-order valence-electron chi connectivity index (χ0n) is 28.1. The largest absolute Gasteiger partial charge is 0.486 e. The van der Waals surface area contributed by atoms with Crippen molar-refractivity contribution in [2.75, 3.05) is 69.2 Å². The first-order valence-corrected chi connectivity index (χ1v) is 16.9. The highest BCUT2D eigenvalue weighted by Gasteiger charge is 2.31. The van der Waals surface area contributed by atoms with E-state index in [9.17, 15) is 19.2 Å². The summed E-state index contributed by atoms with van der Waals surface area (Å²) in [5.74, 6) is 1.25. The molecule has 4 aliphatic rings. The van der Waals surface area contributed by atoms with E-state index in [2.05, 4.69) is 53.6 Å². The average molecular weight is 674 g/mol. The number of benzene rings is 2. The minimum absolute atomic E-state index is 0.0228. The Bertz CT molecular complexity index is 1570. The molecule has 5 heterocycles. The van der Waals surface area contributed by atoms with Crippen molar-refractivity contribution < 1.29 is 23.5 Å². The maximum Gasteiger partial charge on any atom is 0.230 e. The van der Waals surface area contributed by atoms with Crippen molar-refractivity contribution >= 4 is 29.6 Å². The average Bonchev–Trinajstić information content (AvgIpc) is 3.61. The number of nitrogens with zero attached hydrogens (tertiary/aromatic N) is 7. The van der Waals surface area contributed by atoms with Gasteiger partial charge in [-0.05, 0) is 48.9 Å². The number of aromatic nitrogens is 3.